The number of nitrogens with one attached hydrogen (secondary N) is 3. The van der Waals surface area contributed by atoms with E-state index in [4.69, 9.17) is 9.47 Å². The molecule has 0 saturated heterocycles. The molecule has 3 rings (SSSR count). The normalized spacial score (nSPS) is 11.6. The van der Waals surface area contributed by atoms with Gasteiger partial charge in [0.25, 0.3) is 0 Å². The van der Waals surface area contributed by atoms with E-state index >= 15 is 0 Å². The third-order valence-corrected chi connectivity index (χ3v) is 3.94. The summed E-state index contributed by atoms with van der Waals surface area (Å²) in [5.41, 5.74) is 0.316. The van der Waals surface area contributed by atoms with Crippen LogP contribution >= 0.6 is 0 Å². The number of alkyl halides is 3. The van der Waals surface area contributed by atoms with Crippen molar-refractivity contribution in [3.63, 3.8) is 0 Å². The van der Waals surface area contributed by atoms with Gasteiger partial charge in [0.15, 0.2) is 0 Å². The highest BCUT2D eigenvalue weighted by atomic mass is 19.4. The lowest BCUT2D eigenvalue weighted by Gasteiger charge is -2.14. The first kappa shape index (κ1) is 18.8. The summed E-state index contributed by atoms with van der Waals surface area (Å²) in [7, 11) is 3.06. The third kappa shape index (κ3) is 4.08. The first-order chi connectivity index (χ1) is 12.9. The van der Waals surface area contributed by atoms with Crippen LogP contribution in [0.15, 0.2) is 36.5 Å². The van der Waals surface area contributed by atoms with Gasteiger partial charge in [-0.1, -0.05) is 12.1 Å². The van der Waals surface area contributed by atoms with E-state index in [9.17, 15) is 13.2 Å². The molecule has 3 N–H and O–H groups in total. The second-order valence-corrected chi connectivity index (χ2v) is 5.72. The second-order valence-electron chi connectivity index (χ2n) is 5.72. The first-order valence-electron chi connectivity index (χ1n) is 8.16. The summed E-state index contributed by atoms with van der Waals surface area (Å²) in [6.45, 7) is 0.705. The molecule has 0 bridgehead atoms. The molecule has 0 aliphatic rings. The van der Waals surface area contributed by atoms with Crippen molar-refractivity contribution in [1.29, 1.82) is 0 Å². The number of fused-ring (bicyclic) bond motifs is 1. The smallest absolute Gasteiger partial charge is 0.418 e. The van der Waals surface area contributed by atoms with Crippen LogP contribution in [0.3, 0.4) is 0 Å². The fraction of sp³-hybridized carbons (Fsp3) is 0.278. The molecule has 27 heavy (non-hydrogen) atoms. The molecular weight excluding hydrogens is 361 g/mol. The molecule has 0 radical (unpaired) electrons. The lowest BCUT2D eigenvalue weighted by Crippen LogP contribution is -2.10. The molecule has 0 saturated carbocycles. The number of ether oxygens (including phenoxy) is 2. The Morgan fingerprint density at radius 3 is 2.63 bits per heavy atom. The zero-order chi connectivity index (χ0) is 19.4. The van der Waals surface area contributed by atoms with E-state index in [1.807, 2.05) is 12.1 Å². The van der Waals surface area contributed by atoms with Gasteiger partial charge < -0.3 is 25.1 Å². The van der Waals surface area contributed by atoms with Gasteiger partial charge in [0, 0.05) is 31.6 Å². The number of methoxy groups -OCH3 is 2. The lowest BCUT2D eigenvalue weighted by molar-refractivity contribution is -0.136. The molecule has 0 unspecified atom stereocenters. The van der Waals surface area contributed by atoms with Crippen molar-refractivity contribution in [3.8, 4) is 5.75 Å². The van der Waals surface area contributed by atoms with Crippen molar-refractivity contribution in [2.24, 2.45) is 0 Å². The summed E-state index contributed by atoms with van der Waals surface area (Å²) in [6.07, 6.45) is -3.57. The standard InChI is InChI=1S/C18H19F3N4O2/c1-26-8-7-22-13-9-15(24-12-5-3-4-6-14(12)27-2)25-17-16(13)11(10-23-17)18(19,20)21/h3-6,9-10H,7-8H2,1-2H3,(H3,22,23,24,25). The summed E-state index contributed by atoms with van der Waals surface area (Å²) in [6, 6.07) is 8.73. The molecule has 144 valence electrons. The lowest BCUT2D eigenvalue weighted by atomic mass is 10.1. The summed E-state index contributed by atoms with van der Waals surface area (Å²) in [5.74, 6) is 0.971. The highest BCUT2D eigenvalue weighted by Gasteiger charge is 2.35. The second kappa shape index (κ2) is 7.75. The fourth-order valence-corrected chi connectivity index (χ4v) is 2.74. The Balaban J connectivity index is 2.04. The fourth-order valence-electron chi connectivity index (χ4n) is 2.74. The van der Waals surface area contributed by atoms with E-state index in [0.29, 0.717) is 36.1 Å². The minimum atomic E-state index is -4.49. The Labute approximate surface area is 153 Å². The van der Waals surface area contributed by atoms with Gasteiger partial charge in [-0.15, -0.1) is 0 Å². The maximum Gasteiger partial charge on any atom is 0.418 e. The van der Waals surface area contributed by atoms with Crippen LogP contribution in [0.25, 0.3) is 11.0 Å². The van der Waals surface area contributed by atoms with E-state index in [2.05, 4.69) is 20.6 Å². The van der Waals surface area contributed by atoms with Gasteiger partial charge in [0.2, 0.25) is 0 Å². The van der Waals surface area contributed by atoms with Crippen LogP contribution in [0.5, 0.6) is 5.75 Å². The van der Waals surface area contributed by atoms with Crippen LogP contribution in [0.2, 0.25) is 0 Å². The highest BCUT2D eigenvalue weighted by Crippen LogP contribution is 2.39. The third-order valence-electron chi connectivity index (χ3n) is 3.94. The molecule has 2 heterocycles. The van der Waals surface area contributed by atoms with Crippen molar-refractivity contribution >= 4 is 28.2 Å². The summed E-state index contributed by atoms with van der Waals surface area (Å²) >= 11 is 0. The minimum absolute atomic E-state index is 0.0100. The summed E-state index contributed by atoms with van der Waals surface area (Å²) in [5, 5.41) is 6.06. The van der Waals surface area contributed by atoms with Crippen LogP contribution < -0.4 is 15.4 Å². The van der Waals surface area contributed by atoms with E-state index < -0.39 is 11.7 Å². The number of aromatic amines is 1. The molecule has 6 nitrogen and oxygen atoms in total. The number of anilines is 3. The number of hydrogen-bond acceptors (Lipinski definition) is 5. The number of hydrogen-bond donors (Lipinski definition) is 3. The number of halogens is 3. The number of aromatic nitrogens is 2. The molecule has 0 aliphatic carbocycles. The number of pyridine rings is 1. The number of nitrogens with zero attached hydrogens (tertiary/aromatic N) is 1. The zero-order valence-corrected chi connectivity index (χ0v) is 14.8. The number of para-hydroxylation sites is 2. The minimum Gasteiger partial charge on any atom is -0.495 e. The van der Waals surface area contributed by atoms with E-state index in [0.717, 1.165) is 6.20 Å². The van der Waals surface area contributed by atoms with Crippen LogP contribution in [0.4, 0.5) is 30.4 Å². The molecule has 3 aromatic rings. The topological polar surface area (TPSA) is 71.2 Å². The number of H-pyrrole nitrogens is 1. The highest BCUT2D eigenvalue weighted by molar-refractivity contribution is 5.95. The van der Waals surface area contributed by atoms with Crippen LogP contribution in [0, 0.1) is 0 Å². The van der Waals surface area contributed by atoms with Crippen molar-refractivity contribution in [3.05, 3.63) is 42.1 Å². The maximum absolute atomic E-state index is 13.3. The Bertz CT molecular complexity index is 925. The molecule has 2 aromatic heterocycles. The van der Waals surface area contributed by atoms with Gasteiger partial charge in [-0.3, -0.25) is 0 Å². The zero-order valence-electron chi connectivity index (χ0n) is 14.8. The van der Waals surface area contributed by atoms with Crippen molar-refractivity contribution < 1.29 is 22.6 Å². The molecule has 0 spiro atoms. The Kier molecular flexibility index (Phi) is 5.41. The van der Waals surface area contributed by atoms with E-state index in [1.165, 1.54) is 20.3 Å². The molecule has 0 amide bonds. The Morgan fingerprint density at radius 2 is 1.93 bits per heavy atom. The van der Waals surface area contributed by atoms with Gasteiger partial charge in [0.05, 0.1) is 30.4 Å². The number of rotatable bonds is 7. The van der Waals surface area contributed by atoms with Gasteiger partial charge in [-0.05, 0) is 12.1 Å². The van der Waals surface area contributed by atoms with Crippen molar-refractivity contribution in [2.45, 2.75) is 6.18 Å². The molecule has 0 aliphatic heterocycles. The molecule has 0 fully saturated rings. The van der Waals surface area contributed by atoms with E-state index in [-0.39, 0.29) is 11.0 Å². The quantitative estimate of drug-likeness (QED) is 0.530. The van der Waals surface area contributed by atoms with Crippen LogP contribution in [-0.4, -0.2) is 37.3 Å². The predicted molar refractivity (Wildman–Crippen MR) is 97.7 cm³/mol. The Hall–Kier alpha value is -2.94. The summed E-state index contributed by atoms with van der Waals surface area (Å²) in [4.78, 5) is 6.88. The van der Waals surface area contributed by atoms with Gasteiger partial charge in [-0.2, -0.15) is 13.2 Å². The molecule has 0 atom stereocenters. The maximum atomic E-state index is 13.3. The monoisotopic (exact) mass is 380 g/mol. The van der Waals surface area contributed by atoms with E-state index in [1.54, 1.807) is 12.1 Å². The largest absolute Gasteiger partial charge is 0.495 e. The number of benzene rings is 1. The Morgan fingerprint density at radius 1 is 1.15 bits per heavy atom. The van der Waals surface area contributed by atoms with Gasteiger partial charge in [0.1, 0.15) is 17.2 Å². The average Bonchev–Trinajstić information content (AvgIpc) is 3.07. The predicted octanol–water partition coefficient (Wildman–Crippen LogP) is 4.39. The molecule has 9 heteroatoms. The first-order valence-corrected chi connectivity index (χ1v) is 8.16. The van der Waals surface area contributed by atoms with Gasteiger partial charge >= 0.3 is 6.18 Å². The molecule has 1 aromatic carbocycles. The average molecular weight is 380 g/mol. The van der Waals surface area contributed by atoms with Crippen LogP contribution in [-0.2, 0) is 10.9 Å². The molecular formula is C18H19F3N4O2. The van der Waals surface area contributed by atoms with Crippen molar-refractivity contribution in [1.82, 2.24) is 9.97 Å². The van der Waals surface area contributed by atoms with Crippen molar-refractivity contribution in [2.75, 3.05) is 38.0 Å². The van der Waals surface area contributed by atoms with Gasteiger partial charge in [-0.25, -0.2) is 4.98 Å². The summed E-state index contributed by atoms with van der Waals surface area (Å²) < 4.78 is 50.3. The SMILES string of the molecule is COCCNc1cc(Nc2ccccc2OC)nc2[nH]cc(C(F)(F)F)c12. The van der Waals surface area contributed by atoms with Crippen LogP contribution in [0.1, 0.15) is 5.56 Å².